The Balaban J connectivity index is 1.86. The number of alkyl halides is 3. The van der Waals surface area contributed by atoms with Crippen molar-refractivity contribution in [1.29, 1.82) is 0 Å². The van der Waals surface area contributed by atoms with Crippen molar-refractivity contribution >= 4 is 5.91 Å². The van der Waals surface area contributed by atoms with Gasteiger partial charge in [0, 0.05) is 19.0 Å². The molecule has 2 aromatic rings. The van der Waals surface area contributed by atoms with Crippen molar-refractivity contribution in [3.63, 3.8) is 0 Å². The minimum atomic E-state index is -4.36. The highest BCUT2D eigenvalue weighted by molar-refractivity contribution is 5.76. The van der Waals surface area contributed by atoms with Gasteiger partial charge in [-0.1, -0.05) is 12.1 Å². The Morgan fingerprint density at radius 3 is 2.04 bits per heavy atom. The molecule has 4 nitrogen and oxygen atoms in total. The minimum Gasteiger partial charge on any atom is -0.497 e. The molecule has 0 atom stereocenters. The van der Waals surface area contributed by atoms with Gasteiger partial charge < -0.3 is 14.8 Å². The molecule has 0 radical (unpaired) electrons. The maximum atomic E-state index is 12.5. The number of carbonyl (C=O) groups excluding carboxylic acids is 1. The zero-order valence-corrected chi connectivity index (χ0v) is 14.5. The van der Waals surface area contributed by atoms with Crippen LogP contribution in [-0.2, 0) is 23.9 Å². The number of rotatable bonds is 7. The molecule has 26 heavy (non-hydrogen) atoms. The Morgan fingerprint density at radius 2 is 1.54 bits per heavy atom. The van der Waals surface area contributed by atoms with Crippen LogP contribution in [0, 0.1) is 0 Å². The van der Waals surface area contributed by atoms with Crippen LogP contribution in [0.25, 0.3) is 0 Å². The first kappa shape index (κ1) is 19.6. The van der Waals surface area contributed by atoms with Crippen LogP contribution in [0.5, 0.6) is 11.5 Å². The zero-order chi connectivity index (χ0) is 19.2. The van der Waals surface area contributed by atoms with E-state index in [4.69, 9.17) is 9.47 Å². The molecule has 0 bridgehead atoms. The second-order valence-electron chi connectivity index (χ2n) is 5.69. The summed E-state index contributed by atoms with van der Waals surface area (Å²) in [5, 5.41) is 2.70. The number of nitrogens with one attached hydrogen (secondary N) is 1. The first-order valence-electron chi connectivity index (χ1n) is 7.96. The van der Waals surface area contributed by atoms with Crippen molar-refractivity contribution in [2.75, 3.05) is 14.2 Å². The Kier molecular flexibility index (Phi) is 6.49. The fourth-order valence-electron chi connectivity index (χ4n) is 2.37. The third-order valence-corrected chi connectivity index (χ3v) is 3.82. The number of ether oxygens (including phenoxy) is 2. The van der Waals surface area contributed by atoms with Gasteiger partial charge in [0.2, 0.25) is 5.91 Å². The fraction of sp³-hybridized carbons (Fsp3) is 0.316. The van der Waals surface area contributed by atoms with Crippen molar-refractivity contribution in [1.82, 2.24) is 5.32 Å². The standard InChI is InChI=1S/C19H20F3NO3/c1-25-16-9-14(10-17(11-16)26-2)5-8-18(24)23-12-13-3-6-15(7-4-13)19(20,21)22/h3-4,6-7,9-11H,5,8,12H2,1-2H3,(H,23,24). The smallest absolute Gasteiger partial charge is 0.416 e. The highest BCUT2D eigenvalue weighted by Crippen LogP contribution is 2.29. The van der Waals surface area contributed by atoms with Gasteiger partial charge in [-0.2, -0.15) is 13.2 Å². The number of halogens is 3. The minimum absolute atomic E-state index is 0.179. The zero-order valence-electron chi connectivity index (χ0n) is 14.5. The molecule has 0 saturated carbocycles. The summed E-state index contributed by atoms with van der Waals surface area (Å²) in [6, 6.07) is 10.1. The van der Waals surface area contributed by atoms with Crippen molar-refractivity contribution in [3.8, 4) is 11.5 Å². The molecule has 0 heterocycles. The van der Waals surface area contributed by atoms with E-state index in [2.05, 4.69) is 5.32 Å². The van der Waals surface area contributed by atoms with Crippen LogP contribution in [0.3, 0.4) is 0 Å². The van der Waals surface area contributed by atoms with Gasteiger partial charge in [-0.3, -0.25) is 4.79 Å². The second-order valence-corrected chi connectivity index (χ2v) is 5.69. The Morgan fingerprint density at radius 1 is 0.962 bits per heavy atom. The van der Waals surface area contributed by atoms with Gasteiger partial charge in [-0.25, -0.2) is 0 Å². The number of hydrogen-bond donors (Lipinski definition) is 1. The first-order chi connectivity index (χ1) is 12.3. The lowest BCUT2D eigenvalue weighted by Gasteiger charge is -2.10. The maximum Gasteiger partial charge on any atom is 0.416 e. The number of carbonyl (C=O) groups is 1. The second kappa shape index (κ2) is 8.60. The predicted octanol–water partition coefficient (Wildman–Crippen LogP) is 3.97. The number of methoxy groups -OCH3 is 2. The Hall–Kier alpha value is -2.70. The first-order valence-corrected chi connectivity index (χ1v) is 7.96. The van der Waals surface area contributed by atoms with Gasteiger partial charge in [-0.15, -0.1) is 0 Å². The summed E-state index contributed by atoms with van der Waals surface area (Å²) in [4.78, 5) is 12.0. The normalized spacial score (nSPS) is 11.1. The Labute approximate surface area is 149 Å². The lowest BCUT2D eigenvalue weighted by Crippen LogP contribution is -2.23. The van der Waals surface area contributed by atoms with Crippen LogP contribution in [0.2, 0.25) is 0 Å². The molecule has 0 spiro atoms. The van der Waals surface area contributed by atoms with Crippen LogP contribution < -0.4 is 14.8 Å². The molecule has 140 valence electrons. The van der Waals surface area contributed by atoms with Gasteiger partial charge in [-0.05, 0) is 41.8 Å². The molecule has 2 aromatic carbocycles. The number of hydrogen-bond acceptors (Lipinski definition) is 3. The largest absolute Gasteiger partial charge is 0.497 e. The molecule has 0 unspecified atom stereocenters. The van der Waals surface area contributed by atoms with Crippen LogP contribution in [0.4, 0.5) is 13.2 Å². The van der Waals surface area contributed by atoms with Crippen LogP contribution in [0.15, 0.2) is 42.5 Å². The maximum absolute atomic E-state index is 12.5. The van der Waals surface area contributed by atoms with E-state index >= 15 is 0 Å². The molecular weight excluding hydrogens is 347 g/mol. The number of aryl methyl sites for hydroxylation is 1. The quantitative estimate of drug-likeness (QED) is 0.806. The predicted molar refractivity (Wildman–Crippen MR) is 91.2 cm³/mol. The van der Waals surface area contributed by atoms with Crippen LogP contribution >= 0.6 is 0 Å². The summed E-state index contributed by atoms with van der Waals surface area (Å²) in [6.45, 7) is 0.179. The molecule has 0 fully saturated rings. The number of amides is 1. The summed E-state index contributed by atoms with van der Waals surface area (Å²) in [7, 11) is 3.10. The van der Waals surface area contributed by atoms with E-state index in [9.17, 15) is 18.0 Å². The average molecular weight is 367 g/mol. The van der Waals surface area contributed by atoms with Crippen LogP contribution in [0.1, 0.15) is 23.1 Å². The van der Waals surface area contributed by atoms with E-state index in [-0.39, 0.29) is 18.9 Å². The fourth-order valence-corrected chi connectivity index (χ4v) is 2.37. The van der Waals surface area contributed by atoms with Gasteiger partial charge in [0.25, 0.3) is 0 Å². The van der Waals surface area contributed by atoms with Gasteiger partial charge in [0.05, 0.1) is 19.8 Å². The summed E-state index contributed by atoms with van der Waals surface area (Å²) in [5.74, 6) is 1.10. The highest BCUT2D eigenvalue weighted by Gasteiger charge is 2.29. The van der Waals surface area contributed by atoms with Gasteiger partial charge in [0.1, 0.15) is 11.5 Å². The SMILES string of the molecule is COc1cc(CCC(=O)NCc2ccc(C(F)(F)F)cc2)cc(OC)c1. The lowest BCUT2D eigenvalue weighted by atomic mass is 10.1. The van der Waals surface area contributed by atoms with E-state index in [1.165, 1.54) is 12.1 Å². The molecule has 0 saturated heterocycles. The number of benzene rings is 2. The molecular formula is C19H20F3NO3. The Bertz CT molecular complexity index is 720. The van der Waals surface area contributed by atoms with Crippen molar-refractivity contribution in [2.24, 2.45) is 0 Å². The molecule has 1 amide bonds. The van der Waals surface area contributed by atoms with Crippen molar-refractivity contribution in [3.05, 3.63) is 59.2 Å². The lowest BCUT2D eigenvalue weighted by molar-refractivity contribution is -0.137. The molecule has 7 heteroatoms. The third-order valence-electron chi connectivity index (χ3n) is 3.82. The molecule has 0 aromatic heterocycles. The van der Waals surface area contributed by atoms with Crippen molar-refractivity contribution in [2.45, 2.75) is 25.6 Å². The summed E-state index contributed by atoms with van der Waals surface area (Å²) < 4.78 is 47.9. The molecule has 0 aliphatic heterocycles. The molecule has 2 rings (SSSR count). The molecule has 0 aliphatic carbocycles. The van der Waals surface area contributed by atoms with E-state index in [1.807, 2.05) is 12.1 Å². The third kappa shape index (κ3) is 5.68. The monoisotopic (exact) mass is 367 g/mol. The summed E-state index contributed by atoms with van der Waals surface area (Å²) >= 11 is 0. The highest BCUT2D eigenvalue weighted by atomic mass is 19.4. The summed E-state index contributed by atoms with van der Waals surface area (Å²) in [6.07, 6.45) is -3.62. The molecule has 1 N–H and O–H groups in total. The van der Waals surface area contributed by atoms with E-state index in [0.717, 1.165) is 17.7 Å². The van der Waals surface area contributed by atoms with Gasteiger partial charge in [0.15, 0.2) is 0 Å². The topological polar surface area (TPSA) is 47.6 Å². The average Bonchev–Trinajstić information content (AvgIpc) is 2.63. The molecule has 0 aliphatic rings. The van der Waals surface area contributed by atoms with Gasteiger partial charge >= 0.3 is 6.18 Å². The van der Waals surface area contributed by atoms with Crippen LogP contribution in [-0.4, -0.2) is 20.1 Å². The van der Waals surface area contributed by atoms with E-state index in [0.29, 0.717) is 23.5 Å². The van der Waals surface area contributed by atoms with Crippen molar-refractivity contribution < 1.29 is 27.4 Å². The van der Waals surface area contributed by atoms with E-state index in [1.54, 1.807) is 20.3 Å². The van der Waals surface area contributed by atoms with E-state index < -0.39 is 11.7 Å². The summed E-state index contributed by atoms with van der Waals surface area (Å²) in [5.41, 5.74) is 0.792.